The van der Waals surface area contributed by atoms with Crippen LogP contribution in [0.25, 0.3) is 65.7 Å². The number of para-hydroxylation sites is 2. The van der Waals surface area contributed by atoms with E-state index < -0.39 is 0 Å². The summed E-state index contributed by atoms with van der Waals surface area (Å²) < 4.78 is 6.15. The lowest BCUT2D eigenvalue weighted by molar-refractivity contribution is 0.669. The molecule has 9 rings (SSSR count). The summed E-state index contributed by atoms with van der Waals surface area (Å²) in [4.78, 5) is 2.32. The summed E-state index contributed by atoms with van der Waals surface area (Å²) in [5.41, 5.74) is 10.1. The van der Waals surface area contributed by atoms with E-state index in [4.69, 9.17) is 4.42 Å². The lowest BCUT2D eigenvalue weighted by Gasteiger charge is -2.26. The highest BCUT2D eigenvalue weighted by molar-refractivity contribution is 6.21. The van der Waals surface area contributed by atoms with Gasteiger partial charge in [0.25, 0.3) is 0 Å². The molecule has 9 aromatic rings. The fourth-order valence-electron chi connectivity index (χ4n) is 7.01. The maximum Gasteiger partial charge on any atom is 0.135 e. The number of fused-ring (bicyclic) bond motifs is 5. The van der Waals surface area contributed by atoms with Gasteiger partial charge in [0.05, 0.1) is 0 Å². The zero-order valence-corrected chi connectivity index (χ0v) is 25.1. The normalized spacial score (nSPS) is 11.5. The minimum absolute atomic E-state index is 0.894. The van der Waals surface area contributed by atoms with Crippen LogP contribution in [0.3, 0.4) is 0 Å². The Morgan fingerprint density at radius 3 is 1.35 bits per heavy atom. The van der Waals surface area contributed by atoms with Gasteiger partial charge in [0.15, 0.2) is 0 Å². The molecule has 0 saturated heterocycles. The van der Waals surface area contributed by atoms with Gasteiger partial charge in [-0.1, -0.05) is 127 Å². The largest absolute Gasteiger partial charge is 0.456 e. The summed E-state index contributed by atoms with van der Waals surface area (Å²) in [7, 11) is 0. The van der Waals surface area contributed by atoms with Gasteiger partial charge >= 0.3 is 0 Å². The minimum Gasteiger partial charge on any atom is -0.456 e. The Kier molecular flexibility index (Phi) is 6.17. The van der Waals surface area contributed by atoms with Crippen LogP contribution in [0.4, 0.5) is 17.1 Å². The van der Waals surface area contributed by atoms with Crippen LogP contribution in [0, 0.1) is 0 Å². The van der Waals surface area contributed by atoms with Crippen molar-refractivity contribution in [3.63, 3.8) is 0 Å². The van der Waals surface area contributed by atoms with Crippen molar-refractivity contribution in [2.75, 3.05) is 4.90 Å². The fourth-order valence-corrected chi connectivity index (χ4v) is 7.01. The topological polar surface area (TPSA) is 16.4 Å². The molecule has 0 aliphatic heterocycles. The molecule has 2 nitrogen and oxygen atoms in total. The molecule has 46 heavy (non-hydrogen) atoms. The average Bonchev–Trinajstić information content (AvgIpc) is 3.50. The zero-order chi connectivity index (χ0) is 30.5. The summed E-state index contributed by atoms with van der Waals surface area (Å²) in [6.45, 7) is 0. The Bertz CT molecular complexity index is 2450. The van der Waals surface area contributed by atoms with Crippen molar-refractivity contribution in [2.24, 2.45) is 0 Å². The van der Waals surface area contributed by atoms with E-state index in [1.54, 1.807) is 0 Å². The third-order valence-electron chi connectivity index (χ3n) is 9.04. The van der Waals surface area contributed by atoms with Crippen LogP contribution in [-0.2, 0) is 0 Å². The molecule has 0 amide bonds. The van der Waals surface area contributed by atoms with Crippen molar-refractivity contribution in [3.8, 4) is 22.3 Å². The molecule has 0 aliphatic carbocycles. The monoisotopic (exact) mass is 587 g/mol. The van der Waals surface area contributed by atoms with Crippen molar-refractivity contribution in [1.29, 1.82) is 0 Å². The minimum atomic E-state index is 0.894. The van der Waals surface area contributed by atoms with Crippen molar-refractivity contribution in [2.45, 2.75) is 0 Å². The van der Waals surface area contributed by atoms with E-state index in [9.17, 15) is 0 Å². The quantitative estimate of drug-likeness (QED) is 0.186. The Labute approximate surface area is 267 Å². The van der Waals surface area contributed by atoms with Gasteiger partial charge < -0.3 is 9.32 Å². The van der Waals surface area contributed by atoms with E-state index >= 15 is 0 Å². The molecule has 2 heteroatoms. The van der Waals surface area contributed by atoms with Crippen molar-refractivity contribution in [1.82, 2.24) is 0 Å². The number of anilines is 3. The summed E-state index contributed by atoms with van der Waals surface area (Å²) in [5.74, 6) is 0. The second-order valence-electron chi connectivity index (χ2n) is 11.7. The van der Waals surface area contributed by atoms with Gasteiger partial charge in [-0.25, -0.2) is 0 Å². The highest BCUT2D eigenvalue weighted by Gasteiger charge is 2.18. The van der Waals surface area contributed by atoms with E-state index in [1.807, 2.05) is 12.1 Å². The Morgan fingerprint density at radius 1 is 0.304 bits per heavy atom. The molecule has 1 aromatic heterocycles. The first-order valence-corrected chi connectivity index (χ1v) is 15.7. The SMILES string of the molecule is c1ccc(-c2c3ccccc3c(-c3ccc(N(c4ccccc4)c4ccc5oc6ccccc6c5c4)cc3)c3ccccc23)cc1. The van der Waals surface area contributed by atoms with Crippen molar-refractivity contribution >= 4 is 60.5 Å². The number of rotatable bonds is 5. The Morgan fingerprint density at radius 2 is 0.739 bits per heavy atom. The third-order valence-corrected chi connectivity index (χ3v) is 9.04. The van der Waals surface area contributed by atoms with Crippen LogP contribution >= 0.6 is 0 Å². The molecule has 8 aromatic carbocycles. The molecular formula is C44H29NO. The van der Waals surface area contributed by atoms with Gasteiger partial charge in [0.1, 0.15) is 11.2 Å². The first-order chi connectivity index (χ1) is 22.8. The number of nitrogens with zero attached hydrogens (tertiary/aromatic N) is 1. The first kappa shape index (κ1) is 26.3. The summed E-state index contributed by atoms with van der Waals surface area (Å²) in [6.07, 6.45) is 0. The standard InChI is InChI=1S/C44H29NO/c1-3-13-30(14-4-1)43-36-18-7-9-20-38(36)44(39-21-10-8-19-37(39)43)31-23-25-33(26-24-31)45(32-15-5-2-6-16-32)34-27-28-42-40(29-34)35-17-11-12-22-41(35)46-42/h1-29H. The van der Waals surface area contributed by atoms with Crippen LogP contribution in [-0.4, -0.2) is 0 Å². The molecule has 1 heterocycles. The molecule has 0 unspecified atom stereocenters. The highest BCUT2D eigenvalue weighted by atomic mass is 16.3. The smallest absolute Gasteiger partial charge is 0.135 e. The number of hydrogen-bond donors (Lipinski definition) is 0. The van der Waals surface area contributed by atoms with Crippen molar-refractivity contribution < 1.29 is 4.42 Å². The zero-order valence-electron chi connectivity index (χ0n) is 25.1. The molecular weight excluding hydrogens is 558 g/mol. The van der Waals surface area contributed by atoms with Gasteiger partial charge in [-0.15, -0.1) is 0 Å². The van der Waals surface area contributed by atoms with Gasteiger partial charge in [0, 0.05) is 27.8 Å². The molecule has 0 spiro atoms. The summed E-state index contributed by atoms with van der Waals surface area (Å²) >= 11 is 0. The van der Waals surface area contributed by atoms with Crippen LogP contribution in [0.2, 0.25) is 0 Å². The van der Waals surface area contributed by atoms with E-state index in [-0.39, 0.29) is 0 Å². The first-order valence-electron chi connectivity index (χ1n) is 15.7. The molecule has 0 aliphatic rings. The molecule has 0 atom stereocenters. The van der Waals surface area contributed by atoms with Crippen LogP contribution in [0.15, 0.2) is 180 Å². The number of hydrogen-bond acceptors (Lipinski definition) is 2. The molecule has 0 radical (unpaired) electrons. The lowest BCUT2D eigenvalue weighted by Crippen LogP contribution is -2.09. The van der Waals surface area contributed by atoms with Gasteiger partial charge in [-0.05, 0) is 92.3 Å². The third kappa shape index (κ3) is 4.27. The van der Waals surface area contributed by atoms with E-state index in [1.165, 1.54) is 43.8 Å². The van der Waals surface area contributed by atoms with E-state index in [0.717, 1.165) is 39.0 Å². The summed E-state index contributed by atoms with van der Waals surface area (Å²) in [6, 6.07) is 62.7. The lowest BCUT2D eigenvalue weighted by atomic mass is 9.86. The average molecular weight is 588 g/mol. The van der Waals surface area contributed by atoms with Crippen LogP contribution in [0.1, 0.15) is 0 Å². The summed E-state index contributed by atoms with van der Waals surface area (Å²) in [5, 5.41) is 7.27. The fraction of sp³-hybridized carbons (Fsp3) is 0. The Balaban J connectivity index is 1.22. The van der Waals surface area contributed by atoms with Gasteiger partial charge in [-0.3, -0.25) is 0 Å². The second kappa shape index (κ2) is 10.8. The molecule has 0 fully saturated rings. The van der Waals surface area contributed by atoms with Gasteiger partial charge in [0.2, 0.25) is 0 Å². The van der Waals surface area contributed by atoms with E-state index in [2.05, 4.69) is 169 Å². The van der Waals surface area contributed by atoms with Crippen molar-refractivity contribution in [3.05, 3.63) is 176 Å². The number of furan rings is 1. The van der Waals surface area contributed by atoms with Gasteiger partial charge in [-0.2, -0.15) is 0 Å². The Hall–Kier alpha value is -6.12. The maximum atomic E-state index is 6.15. The predicted molar refractivity (Wildman–Crippen MR) is 194 cm³/mol. The highest BCUT2D eigenvalue weighted by Crippen LogP contribution is 2.45. The second-order valence-corrected chi connectivity index (χ2v) is 11.7. The molecule has 216 valence electrons. The maximum absolute atomic E-state index is 6.15. The number of benzene rings is 8. The van der Waals surface area contributed by atoms with Crippen LogP contribution < -0.4 is 4.90 Å². The van der Waals surface area contributed by atoms with E-state index in [0.29, 0.717) is 0 Å². The molecule has 0 N–H and O–H groups in total. The van der Waals surface area contributed by atoms with Crippen LogP contribution in [0.5, 0.6) is 0 Å². The predicted octanol–water partition coefficient (Wildman–Crippen LogP) is 12.7. The molecule has 0 bridgehead atoms. The molecule has 0 saturated carbocycles.